The van der Waals surface area contributed by atoms with Gasteiger partial charge < -0.3 is 10.2 Å². The van der Waals surface area contributed by atoms with Gasteiger partial charge in [0, 0.05) is 56.1 Å². The van der Waals surface area contributed by atoms with E-state index in [4.69, 9.17) is 0 Å². The maximum Gasteiger partial charge on any atom is 0.269 e. The zero-order chi connectivity index (χ0) is 21.2. The summed E-state index contributed by atoms with van der Waals surface area (Å²) in [6.45, 7) is 4.47. The molecule has 1 amide bonds. The molecule has 10 heteroatoms. The fourth-order valence-corrected chi connectivity index (χ4v) is 4.98. The Labute approximate surface area is 169 Å². The molecule has 0 spiro atoms. The van der Waals surface area contributed by atoms with Crippen molar-refractivity contribution in [3.63, 3.8) is 0 Å². The summed E-state index contributed by atoms with van der Waals surface area (Å²) < 4.78 is 27.5. The molecule has 1 saturated heterocycles. The number of hydrogen-bond donors (Lipinski definition) is 1. The Bertz CT molecular complexity index is 1010. The molecule has 2 aromatic rings. The Kier molecular flexibility index (Phi) is 5.85. The fourth-order valence-electron chi connectivity index (χ4n) is 3.37. The number of carbonyl (C=O) groups is 1. The predicted octanol–water partition coefficient (Wildman–Crippen LogP) is 2.45. The summed E-state index contributed by atoms with van der Waals surface area (Å²) in [6.07, 6.45) is 0. The van der Waals surface area contributed by atoms with Gasteiger partial charge in [-0.3, -0.25) is 14.9 Å². The number of nitro benzene ring substituents is 1. The van der Waals surface area contributed by atoms with Crippen LogP contribution < -0.4 is 10.2 Å². The van der Waals surface area contributed by atoms with E-state index in [9.17, 15) is 23.3 Å². The van der Waals surface area contributed by atoms with Gasteiger partial charge in [0.1, 0.15) is 0 Å². The second-order valence-corrected chi connectivity index (χ2v) is 8.78. The van der Waals surface area contributed by atoms with Gasteiger partial charge in [-0.1, -0.05) is 0 Å². The Hall–Kier alpha value is -2.98. The van der Waals surface area contributed by atoms with E-state index in [0.717, 1.165) is 5.69 Å². The third kappa shape index (κ3) is 4.54. The normalized spacial score (nSPS) is 17.7. The highest BCUT2D eigenvalue weighted by molar-refractivity contribution is 7.89. The topological polar surface area (TPSA) is 113 Å². The largest absolute Gasteiger partial charge is 0.369 e. The number of nitrogens with one attached hydrogen (secondary N) is 1. The van der Waals surface area contributed by atoms with E-state index in [1.165, 1.54) is 35.5 Å². The second-order valence-electron chi connectivity index (χ2n) is 6.89. The van der Waals surface area contributed by atoms with Crippen LogP contribution in [0.15, 0.2) is 53.4 Å². The Morgan fingerprint density at radius 2 is 1.72 bits per heavy atom. The van der Waals surface area contributed by atoms with Gasteiger partial charge in [-0.25, -0.2) is 8.42 Å². The third-order valence-electron chi connectivity index (χ3n) is 4.77. The summed E-state index contributed by atoms with van der Waals surface area (Å²) in [7, 11) is -3.68. The van der Waals surface area contributed by atoms with Gasteiger partial charge in [-0.15, -0.1) is 0 Å². The maximum absolute atomic E-state index is 13.0. The predicted molar refractivity (Wildman–Crippen MR) is 109 cm³/mol. The van der Waals surface area contributed by atoms with Crippen LogP contribution in [0.2, 0.25) is 0 Å². The minimum Gasteiger partial charge on any atom is -0.369 e. The van der Waals surface area contributed by atoms with E-state index in [2.05, 4.69) is 5.32 Å². The fraction of sp³-hybridized carbons (Fsp3) is 0.316. The highest BCUT2D eigenvalue weighted by Gasteiger charge is 2.33. The van der Waals surface area contributed by atoms with Crippen LogP contribution in [0.4, 0.5) is 17.1 Å². The average Bonchev–Trinajstić information content (AvgIpc) is 2.67. The van der Waals surface area contributed by atoms with Gasteiger partial charge in [-0.2, -0.15) is 4.31 Å². The van der Waals surface area contributed by atoms with Crippen molar-refractivity contribution in [2.24, 2.45) is 0 Å². The minimum atomic E-state index is -3.68. The summed E-state index contributed by atoms with van der Waals surface area (Å²) in [5, 5.41) is 13.4. The Balaban J connectivity index is 1.72. The van der Waals surface area contributed by atoms with Crippen LogP contribution in [0.3, 0.4) is 0 Å². The number of benzene rings is 2. The van der Waals surface area contributed by atoms with Crippen molar-refractivity contribution in [2.75, 3.05) is 29.9 Å². The summed E-state index contributed by atoms with van der Waals surface area (Å²) >= 11 is 0. The van der Waals surface area contributed by atoms with Crippen LogP contribution in [0.1, 0.15) is 13.8 Å². The average molecular weight is 418 g/mol. The maximum atomic E-state index is 13.0. The number of amides is 1. The number of sulfonamides is 1. The molecule has 0 saturated carbocycles. The second kappa shape index (κ2) is 8.18. The molecule has 1 aliphatic rings. The standard InChI is InChI=1S/C19H22N4O5S/c1-14-13-21(17-5-7-18(8-6-17)23(25)26)11-12-22(14)29(27,28)19-9-3-16(4-10-19)20-15(2)24/h3-10,14H,11-13H2,1-2H3,(H,20,24)/t14-/m1/s1. The molecule has 0 radical (unpaired) electrons. The molecule has 0 bridgehead atoms. The van der Waals surface area contributed by atoms with Crippen molar-refractivity contribution in [3.8, 4) is 0 Å². The van der Waals surface area contributed by atoms with Crippen LogP contribution in [-0.2, 0) is 14.8 Å². The van der Waals surface area contributed by atoms with Crippen molar-refractivity contribution in [1.82, 2.24) is 4.31 Å². The van der Waals surface area contributed by atoms with Crippen LogP contribution in [0, 0.1) is 10.1 Å². The Morgan fingerprint density at radius 1 is 1.10 bits per heavy atom. The SMILES string of the molecule is CC(=O)Nc1ccc(S(=O)(=O)N2CCN(c3ccc([N+](=O)[O-])cc3)C[C@H]2C)cc1. The lowest BCUT2D eigenvalue weighted by atomic mass is 10.2. The van der Waals surface area contributed by atoms with Crippen molar-refractivity contribution in [3.05, 3.63) is 58.6 Å². The lowest BCUT2D eigenvalue weighted by molar-refractivity contribution is -0.384. The van der Waals surface area contributed by atoms with Gasteiger partial charge in [0.25, 0.3) is 5.69 Å². The van der Waals surface area contributed by atoms with E-state index in [0.29, 0.717) is 25.3 Å². The number of anilines is 2. The van der Waals surface area contributed by atoms with Crippen molar-refractivity contribution in [2.45, 2.75) is 24.8 Å². The first-order valence-electron chi connectivity index (χ1n) is 9.07. The van der Waals surface area contributed by atoms with E-state index in [1.807, 2.05) is 11.8 Å². The molecule has 1 N–H and O–H groups in total. The van der Waals surface area contributed by atoms with E-state index >= 15 is 0 Å². The third-order valence-corrected chi connectivity index (χ3v) is 6.80. The highest BCUT2D eigenvalue weighted by atomic mass is 32.2. The molecular formula is C19H22N4O5S. The lowest BCUT2D eigenvalue weighted by Crippen LogP contribution is -2.54. The van der Waals surface area contributed by atoms with Crippen molar-refractivity contribution in [1.29, 1.82) is 0 Å². The highest BCUT2D eigenvalue weighted by Crippen LogP contribution is 2.26. The number of piperazine rings is 1. The number of nitro groups is 1. The summed E-state index contributed by atoms with van der Waals surface area (Å²) in [6, 6.07) is 12.0. The van der Waals surface area contributed by atoms with E-state index in [-0.39, 0.29) is 22.5 Å². The molecule has 0 aromatic heterocycles. The van der Waals surface area contributed by atoms with Gasteiger partial charge in [0.2, 0.25) is 15.9 Å². The molecule has 1 fully saturated rings. The zero-order valence-corrected chi connectivity index (χ0v) is 16.9. The van der Waals surface area contributed by atoms with Crippen LogP contribution >= 0.6 is 0 Å². The molecule has 1 aliphatic heterocycles. The number of carbonyl (C=O) groups excluding carboxylic acids is 1. The first-order chi connectivity index (χ1) is 13.7. The molecule has 0 aliphatic carbocycles. The zero-order valence-electron chi connectivity index (χ0n) is 16.1. The summed E-state index contributed by atoms with van der Waals surface area (Å²) in [4.78, 5) is 23.6. The molecule has 3 rings (SSSR count). The number of nitrogens with zero attached hydrogens (tertiary/aromatic N) is 3. The van der Waals surface area contributed by atoms with Gasteiger partial charge in [-0.05, 0) is 43.3 Å². The van der Waals surface area contributed by atoms with E-state index < -0.39 is 14.9 Å². The summed E-state index contributed by atoms with van der Waals surface area (Å²) in [5.74, 6) is -0.225. The van der Waals surface area contributed by atoms with Crippen LogP contribution in [0.5, 0.6) is 0 Å². The van der Waals surface area contributed by atoms with Crippen molar-refractivity contribution >= 4 is 33.0 Å². The van der Waals surface area contributed by atoms with Gasteiger partial charge >= 0.3 is 0 Å². The van der Waals surface area contributed by atoms with Gasteiger partial charge in [0.15, 0.2) is 0 Å². The molecule has 1 atom stereocenters. The molecule has 1 heterocycles. The van der Waals surface area contributed by atoms with Gasteiger partial charge in [0.05, 0.1) is 9.82 Å². The number of rotatable bonds is 5. The number of hydrogen-bond acceptors (Lipinski definition) is 6. The molecule has 154 valence electrons. The first-order valence-corrected chi connectivity index (χ1v) is 10.5. The number of non-ortho nitro benzene ring substituents is 1. The lowest BCUT2D eigenvalue weighted by Gasteiger charge is -2.40. The molecule has 2 aromatic carbocycles. The summed E-state index contributed by atoms with van der Waals surface area (Å²) in [5.41, 5.74) is 1.37. The van der Waals surface area contributed by atoms with Crippen LogP contribution in [0.25, 0.3) is 0 Å². The molecule has 9 nitrogen and oxygen atoms in total. The van der Waals surface area contributed by atoms with Crippen molar-refractivity contribution < 1.29 is 18.1 Å². The quantitative estimate of drug-likeness (QED) is 0.589. The monoisotopic (exact) mass is 418 g/mol. The minimum absolute atomic E-state index is 0.0192. The molecule has 0 unspecified atom stereocenters. The molecular weight excluding hydrogens is 396 g/mol. The molecule has 29 heavy (non-hydrogen) atoms. The smallest absolute Gasteiger partial charge is 0.269 e. The van der Waals surface area contributed by atoms with E-state index in [1.54, 1.807) is 24.3 Å². The first kappa shape index (κ1) is 20.7. The van der Waals surface area contributed by atoms with Crippen LogP contribution in [-0.4, -0.2) is 49.2 Å². The Morgan fingerprint density at radius 3 is 2.24 bits per heavy atom.